The van der Waals surface area contributed by atoms with Crippen LogP contribution in [-0.4, -0.2) is 24.1 Å². The average Bonchev–Trinajstić information content (AvgIpc) is 3.60. The van der Waals surface area contributed by atoms with Crippen molar-refractivity contribution >= 4 is 43.9 Å². The minimum absolute atomic E-state index is 0.926. The van der Waals surface area contributed by atoms with Crippen molar-refractivity contribution in [2.24, 2.45) is 0 Å². The summed E-state index contributed by atoms with van der Waals surface area (Å²) >= 11 is 0. The van der Waals surface area contributed by atoms with Crippen LogP contribution in [0.3, 0.4) is 0 Å². The molecule has 0 amide bonds. The van der Waals surface area contributed by atoms with E-state index in [1.54, 1.807) is 0 Å². The summed E-state index contributed by atoms with van der Waals surface area (Å²) in [6.45, 7) is 0. The van der Waals surface area contributed by atoms with Gasteiger partial charge in [-0.3, -0.25) is 14.5 Å². The lowest BCUT2D eigenvalue weighted by Gasteiger charge is -2.13. The standard InChI is InChI=1S/C39H25N5/c1-2-12-30(13-3-1)43-36-17-7-5-15-33(36)38-37(43)23-34-32-14-4-6-16-35(32)44(39(34)42-38)31-21-28(26-10-8-18-40-24-26)20-29(22-31)27-11-9-19-41-25-27/h1-25H. The number of benzene rings is 4. The zero-order valence-corrected chi connectivity index (χ0v) is 23.7. The van der Waals surface area contributed by atoms with Gasteiger partial charge >= 0.3 is 0 Å². The summed E-state index contributed by atoms with van der Waals surface area (Å²) in [5.74, 6) is 0. The quantitative estimate of drug-likeness (QED) is 0.214. The molecular formula is C39H25N5. The minimum atomic E-state index is 0.926. The highest BCUT2D eigenvalue weighted by molar-refractivity contribution is 6.15. The van der Waals surface area contributed by atoms with Gasteiger partial charge in [0.15, 0.2) is 0 Å². The van der Waals surface area contributed by atoms with Crippen LogP contribution in [0.25, 0.3) is 77.5 Å². The van der Waals surface area contributed by atoms with Crippen LogP contribution in [0, 0.1) is 0 Å². The predicted molar refractivity (Wildman–Crippen MR) is 179 cm³/mol. The van der Waals surface area contributed by atoms with Crippen molar-refractivity contribution in [1.29, 1.82) is 0 Å². The van der Waals surface area contributed by atoms with Gasteiger partial charge in [0.2, 0.25) is 0 Å². The second kappa shape index (κ2) is 9.75. The molecule has 9 rings (SSSR count). The molecule has 0 N–H and O–H groups in total. The topological polar surface area (TPSA) is 48.5 Å². The number of fused-ring (bicyclic) bond motifs is 6. The normalized spacial score (nSPS) is 11.6. The van der Waals surface area contributed by atoms with E-state index in [-0.39, 0.29) is 0 Å². The molecule has 0 aliphatic heterocycles. The van der Waals surface area contributed by atoms with Crippen molar-refractivity contribution in [3.63, 3.8) is 0 Å². The van der Waals surface area contributed by atoms with Crippen LogP contribution in [0.4, 0.5) is 0 Å². The maximum atomic E-state index is 5.49. The predicted octanol–water partition coefficient (Wildman–Crippen LogP) is 9.40. The van der Waals surface area contributed by atoms with Crippen molar-refractivity contribution in [3.05, 3.63) is 152 Å². The van der Waals surface area contributed by atoms with Crippen LogP contribution in [0.15, 0.2) is 152 Å². The molecule has 0 atom stereocenters. The number of pyridine rings is 3. The molecule has 0 saturated carbocycles. The Morgan fingerprint density at radius 3 is 1.68 bits per heavy atom. The zero-order valence-electron chi connectivity index (χ0n) is 23.7. The van der Waals surface area contributed by atoms with Crippen molar-refractivity contribution < 1.29 is 0 Å². The van der Waals surface area contributed by atoms with Crippen LogP contribution in [0.1, 0.15) is 0 Å². The third kappa shape index (κ3) is 3.76. The molecule has 0 fully saturated rings. The Morgan fingerprint density at radius 1 is 0.409 bits per heavy atom. The van der Waals surface area contributed by atoms with Gasteiger partial charge in [0.05, 0.1) is 22.1 Å². The average molecular weight is 564 g/mol. The SMILES string of the molecule is c1ccc(-n2c3ccccc3c3nc4c(cc32)c2ccccc2n4-c2cc(-c3cccnc3)cc(-c3cccnc3)c2)cc1. The summed E-state index contributed by atoms with van der Waals surface area (Å²) in [4.78, 5) is 14.3. The first kappa shape index (κ1) is 24.5. The number of nitrogens with zero attached hydrogens (tertiary/aromatic N) is 5. The number of hydrogen-bond donors (Lipinski definition) is 0. The molecule has 0 bridgehead atoms. The number of para-hydroxylation sites is 3. The smallest absolute Gasteiger partial charge is 0.146 e. The highest BCUT2D eigenvalue weighted by Gasteiger charge is 2.20. The molecule has 44 heavy (non-hydrogen) atoms. The van der Waals surface area contributed by atoms with Crippen LogP contribution >= 0.6 is 0 Å². The van der Waals surface area contributed by atoms with E-state index in [0.717, 1.165) is 77.5 Å². The largest absolute Gasteiger partial charge is 0.308 e. The van der Waals surface area contributed by atoms with Crippen LogP contribution in [0.5, 0.6) is 0 Å². The van der Waals surface area contributed by atoms with E-state index in [1.165, 1.54) is 0 Å². The lowest BCUT2D eigenvalue weighted by Crippen LogP contribution is -1.98. The molecule has 5 heteroatoms. The summed E-state index contributed by atoms with van der Waals surface area (Å²) in [6.07, 6.45) is 7.45. The Hall–Kier alpha value is -6.07. The minimum Gasteiger partial charge on any atom is -0.308 e. The summed E-state index contributed by atoms with van der Waals surface area (Å²) in [7, 11) is 0. The molecule has 206 valence electrons. The van der Waals surface area contributed by atoms with Gasteiger partial charge in [-0.1, -0.05) is 66.7 Å². The number of hydrogen-bond acceptors (Lipinski definition) is 3. The monoisotopic (exact) mass is 563 g/mol. The molecule has 9 aromatic rings. The van der Waals surface area contributed by atoms with Crippen molar-refractivity contribution in [1.82, 2.24) is 24.1 Å². The third-order valence-electron chi connectivity index (χ3n) is 8.45. The molecule has 5 nitrogen and oxygen atoms in total. The van der Waals surface area contributed by atoms with Gasteiger partial charge < -0.3 is 4.57 Å². The van der Waals surface area contributed by atoms with E-state index in [1.807, 2.05) is 36.9 Å². The van der Waals surface area contributed by atoms with Gasteiger partial charge in [-0.05, 0) is 71.8 Å². The van der Waals surface area contributed by atoms with Crippen molar-refractivity contribution in [2.45, 2.75) is 0 Å². The Kier molecular flexibility index (Phi) is 5.43. The van der Waals surface area contributed by atoms with Crippen LogP contribution in [-0.2, 0) is 0 Å². The van der Waals surface area contributed by atoms with Crippen molar-refractivity contribution in [3.8, 4) is 33.6 Å². The molecular weight excluding hydrogens is 538 g/mol. The van der Waals surface area contributed by atoms with E-state index >= 15 is 0 Å². The van der Waals surface area contributed by atoms with E-state index < -0.39 is 0 Å². The maximum absolute atomic E-state index is 5.49. The summed E-state index contributed by atoms with van der Waals surface area (Å²) in [6, 6.07) is 44.8. The van der Waals surface area contributed by atoms with Gasteiger partial charge in [0.25, 0.3) is 0 Å². The summed E-state index contributed by atoms with van der Waals surface area (Å²) in [5.41, 5.74) is 11.7. The first-order valence-corrected chi connectivity index (χ1v) is 14.7. The highest BCUT2D eigenvalue weighted by Crippen LogP contribution is 2.39. The van der Waals surface area contributed by atoms with Gasteiger partial charge in [-0.15, -0.1) is 0 Å². The molecule has 5 heterocycles. The molecule has 4 aromatic carbocycles. The number of rotatable bonds is 4. The Balaban J connectivity index is 1.40. The van der Waals surface area contributed by atoms with Crippen molar-refractivity contribution in [2.75, 3.05) is 0 Å². The lowest BCUT2D eigenvalue weighted by atomic mass is 9.99. The third-order valence-corrected chi connectivity index (χ3v) is 8.45. The van der Waals surface area contributed by atoms with Gasteiger partial charge in [-0.25, -0.2) is 4.98 Å². The molecule has 5 aromatic heterocycles. The van der Waals surface area contributed by atoms with Gasteiger partial charge in [-0.2, -0.15) is 0 Å². The van der Waals surface area contributed by atoms with E-state index in [0.29, 0.717) is 0 Å². The zero-order chi connectivity index (χ0) is 29.0. The Morgan fingerprint density at radius 2 is 1.02 bits per heavy atom. The molecule has 0 spiro atoms. The second-order valence-electron chi connectivity index (χ2n) is 11.0. The highest BCUT2D eigenvalue weighted by atomic mass is 15.1. The van der Waals surface area contributed by atoms with E-state index in [9.17, 15) is 0 Å². The van der Waals surface area contributed by atoms with E-state index in [2.05, 4.69) is 134 Å². The van der Waals surface area contributed by atoms with Crippen LogP contribution in [0.2, 0.25) is 0 Å². The van der Waals surface area contributed by atoms with E-state index in [4.69, 9.17) is 4.98 Å². The molecule has 0 unspecified atom stereocenters. The second-order valence-corrected chi connectivity index (χ2v) is 11.0. The fourth-order valence-corrected chi connectivity index (χ4v) is 6.50. The first-order valence-electron chi connectivity index (χ1n) is 14.7. The van der Waals surface area contributed by atoms with Crippen LogP contribution < -0.4 is 0 Å². The molecule has 0 aliphatic rings. The summed E-state index contributed by atoms with van der Waals surface area (Å²) < 4.78 is 4.63. The fraction of sp³-hybridized carbons (Fsp3) is 0. The summed E-state index contributed by atoms with van der Waals surface area (Å²) in [5, 5.41) is 3.41. The van der Waals surface area contributed by atoms with Gasteiger partial charge in [0, 0.05) is 63.4 Å². The maximum Gasteiger partial charge on any atom is 0.146 e. The molecule has 0 radical (unpaired) electrons. The van der Waals surface area contributed by atoms with Gasteiger partial charge in [0.1, 0.15) is 5.65 Å². The Labute approximate surface area is 253 Å². The fourth-order valence-electron chi connectivity index (χ4n) is 6.50. The molecule has 0 aliphatic carbocycles. The molecule has 0 saturated heterocycles. The first-order chi connectivity index (χ1) is 21.8. The Bertz CT molecular complexity index is 2420. The lowest BCUT2D eigenvalue weighted by molar-refractivity contribution is 1.14. The number of aromatic nitrogens is 5.